The van der Waals surface area contributed by atoms with Crippen LogP contribution < -0.4 is 4.74 Å². The number of ether oxygens (including phenoxy) is 1. The molecule has 0 spiro atoms. The molecular formula is C12H12FNOS. The van der Waals surface area contributed by atoms with Crippen LogP contribution in [-0.2, 0) is 6.42 Å². The SMILES string of the molecule is CCc1csc(-c2ccc(F)c(OC)c2)n1. The number of methoxy groups -OCH3 is 1. The molecule has 0 saturated heterocycles. The summed E-state index contributed by atoms with van der Waals surface area (Å²) in [5, 5.41) is 2.92. The van der Waals surface area contributed by atoms with Crippen LogP contribution in [0.2, 0.25) is 0 Å². The lowest BCUT2D eigenvalue weighted by molar-refractivity contribution is 0.387. The topological polar surface area (TPSA) is 22.1 Å². The number of aryl methyl sites for hydroxylation is 1. The van der Waals surface area contributed by atoms with Gasteiger partial charge in [0.05, 0.1) is 12.8 Å². The highest BCUT2D eigenvalue weighted by Gasteiger charge is 2.08. The number of hydrogen-bond donors (Lipinski definition) is 0. The summed E-state index contributed by atoms with van der Waals surface area (Å²) in [6.07, 6.45) is 0.912. The van der Waals surface area contributed by atoms with Crippen molar-refractivity contribution in [3.05, 3.63) is 35.1 Å². The van der Waals surface area contributed by atoms with E-state index in [2.05, 4.69) is 11.9 Å². The van der Waals surface area contributed by atoms with Crippen LogP contribution >= 0.6 is 11.3 Å². The van der Waals surface area contributed by atoms with E-state index in [0.717, 1.165) is 22.7 Å². The zero-order valence-electron chi connectivity index (χ0n) is 9.16. The van der Waals surface area contributed by atoms with Crippen molar-refractivity contribution in [2.75, 3.05) is 7.11 Å². The number of benzene rings is 1. The van der Waals surface area contributed by atoms with Gasteiger partial charge >= 0.3 is 0 Å². The summed E-state index contributed by atoms with van der Waals surface area (Å²) in [7, 11) is 1.46. The summed E-state index contributed by atoms with van der Waals surface area (Å²) in [6, 6.07) is 4.80. The first-order valence-electron chi connectivity index (χ1n) is 5.03. The van der Waals surface area contributed by atoms with E-state index in [1.165, 1.54) is 13.2 Å². The Hall–Kier alpha value is -1.42. The smallest absolute Gasteiger partial charge is 0.165 e. The second kappa shape index (κ2) is 4.61. The first-order chi connectivity index (χ1) is 7.74. The minimum absolute atomic E-state index is 0.255. The van der Waals surface area contributed by atoms with E-state index < -0.39 is 0 Å². The zero-order valence-corrected chi connectivity index (χ0v) is 9.97. The first kappa shape index (κ1) is 11.1. The summed E-state index contributed by atoms with van der Waals surface area (Å²) in [6.45, 7) is 2.06. The van der Waals surface area contributed by atoms with Crippen LogP contribution in [0, 0.1) is 5.82 Å². The van der Waals surface area contributed by atoms with Crippen molar-refractivity contribution in [2.24, 2.45) is 0 Å². The van der Waals surface area contributed by atoms with Crippen LogP contribution in [-0.4, -0.2) is 12.1 Å². The Morgan fingerprint density at radius 1 is 1.44 bits per heavy atom. The number of hydrogen-bond acceptors (Lipinski definition) is 3. The van der Waals surface area contributed by atoms with Gasteiger partial charge in [-0.3, -0.25) is 0 Å². The Labute approximate surface area is 97.7 Å². The summed E-state index contributed by atoms with van der Waals surface area (Å²) in [4.78, 5) is 4.44. The van der Waals surface area contributed by atoms with Crippen LogP contribution in [0.5, 0.6) is 5.75 Å². The van der Waals surface area contributed by atoms with Crippen molar-refractivity contribution in [2.45, 2.75) is 13.3 Å². The summed E-state index contributed by atoms with van der Waals surface area (Å²) in [5.74, 6) is -0.0933. The Morgan fingerprint density at radius 2 is 2.25 bits per heavy atom. The molecule has 16 heavy (non-hydrogen) atoms. The Kier molecular flexibility index (Phi) is 3.19. The molecule has 0 atom stereocenters. The van der Waals surface area contributed by atoms with Gasteiger partial charge in [0.2, 0.25) is 0 Å². The maximum atomic E-state index is 13.2. The van der Waals surface area contributed by atoms with Gasteiger partial charge in [0.1, 0.15) is 5.01 Å². The van der Waals surface area contributed by atoms with Crippen molar-refractivity contribution >= 4 is 11.3 Å². The fraction of sp³-hybridized carbons (Fsp3) is 0.250. The van der Waals surface area contributed by atoms with E-state index in [1.807, 2.05) is 5.38 Å². The third kappa shape index (κ3) is 2.07. The number of thiazole rings is 1. The lowest BCUT2D eigenvalue weighted by Crippen LogP contribution is -1.88. The molecule has 1 aromatic heterocycles. The number of halogens is 1. The standard InChI is InChI=1S/C12H12FNOS/c1-3-9-7-16-12(14-9)8-4-5-10(13)11(6-8)15-2/h4-7H,3H2,1-2H3. The van der Waals surface area contributed by atoms with Crippen LogP contribution in [0.3, 0.4) is 0 Å². The lowest BCUT2D eigenvalue weighted by Gasteiger charge is -2.03. The van der Waals surface area contributed by atoms with Crippen LogP contribution in [0.4, 0.5) is 4.39 Å². The normalized spacial score (nSPS) is 10.4. The van der Waals surface area contributed by atoms with Crippen molar-refractivity contribution in [3.8, 4) is 16.3 Å². The molecule has 1 heterocycles. The van der Waals surface area contributed by atoms with Crippen LogP contribution in [0.1, 0.15) is 12.6 Å². The van der Waals surface area contributed by atoms with Gasteiger partial charge in [0.25, 0.3) is 0 Å². The zero-order chi connectivity index (χ0) is 11.5. The highest BCUT2D eigenvalue weighted by molar-refractivity contribution is 7.13. The van der Waals surface area contributed by atoms with Crippen LogP contribution in [0.15, 0.2) is 23.6 Å². The second-order valence-corrected chi connectivity index (χ2v) is 4.20. The molecule has 0 aliphatic heterocycles. The van der Waals surface area contributed by atoms with E-state index >= 15 is 0 Å². The van der Waals surface area contributed by atoms with Crippen molar-refractivity contribution < 1.29 is 9.13 Å². The molecule has 2 rings (SSSR count). The van der Waals surface area contributed by atoms with E-state index in [-0.39, 0.29) is 11.6 Å². The minimum atomic E-state index is -0.349. The average Bonchev–Trinajstić information content (AvgIpc) is 2.78. The Balaban J connectivity index is 2.40. The van der Waals surface area contributed by atoms with Gasteiger partial charge in [-0.2, -0.15) is 0 Å². The van der Waals surface area contributed by atoms with Crippen LogP contribution in [0.25, 0.3) is 10.6 Å². The largest absolute Gasteiger partial charge is 0.494 e. The highest BCUT2D eigenvalue weighted by atomic mass is 32.1. The van der Waals surface area contributed by atoms with Crippen molar-refractivity contribution in [1.29, 1.82) is 0 Å². The molecule has 2 aromatic rings. The monoisotopic (exact) mass is 237 g/mol. The molecule has 0 aliphatic carbocycles. The minimum Gasteiger partial charge on any atom is -0.494 e. The third-order valence-electron chi connectivity index (χ3n) is 2.31. The van der Waals surface area contributed by atoms with Crippen molar-refractivity contribution in [1.82, 2.24) is 4.98 Å². The molecule has 4 heteroatoms. The molecular weight excluding hydrogens is 225 g/mol. The number of nitrogens with zero attached hydrogens (tertiary/aromatic N) is 1. The number of aromatic nitrogens is 1. The molecule has 84 valence electrons. The van der Waals surface area contributed by atoms with Gasteiger partial charge in [-0.15, -0.1) is 11.3 Å². The molecule has 0 amide bonds. The fourth-order valence-electron chi connectivity index (χ4n) is 1.39. The summed E-state index contributed by atoms with van der Waals surface area (Å²) in [5.41, 5.74) is 1.95. The van der Waals surface area contributed by atoms with Gasteiger partial charge in [-0.05, 0) is 24.6 Å². The quantitative estimate of drug-likeness (QED) is 0.814. The van der Waals surface area contributed by atoms with Gasteiger partial charge in [0.15, 0.2) is 11.6 Å². The molecule has 0 aliphatic rings. The fourth-order valence-corrected chi connectivity index (χ4v) is 2.29. The van der Waals surface area contributed by atoms with Gasteiger partial charge < -0.3 is 4.74 Å². The van der Waals surface area contributed by atoms with Gasteiger partial charge in [-0.1, -0.05) is 6.92 Å². The molecule has 2 nitrogen and oxygen atoms in total. The highest BCUT2D eigenvalue weighted by Crippen LogP contribution is 2.28. The lowest BCUT2D eigenvalue weighted by atomic mass is 10.2. The van der Waals surface area contributed by atoms with E-state index in [4.69, 9.17) is 4.74 Å². The average molecular weight is 237 g/mol. The van der Waals surface area contributed by atoms with Gasteiger partial charge in [-0.25, -0.2) is 9.37 Å². The molecule has 0 N–H and O–H groups in total. The summed E-state index contributed by atoms with van der Waals surface area (Å²) >= 11 is 1.56. The molecule has 0 bridgehead atoms. The molecule has 0 saturated carbocycles. The number of rotatable bonds is 3. The third-order valence-corrected chi connectivity index (χ3v) is 3.25. The van der Waals surface area contributed by atoms with E-state index in [9.17, 15) is 4.39 Å². The maximum absolute atomic E-state index is 13.2. The first-order valence-corrected chi connectivity index (χ1v) is 5.91. The Morgan fingerprint density at radius 3 is 2.88 bits per heavy atom. The Bertz CT molecular complexity index is 496. The molecule has 0 radical (unpaired) electrons. The molecule has 0 fully saturated rings. The predicted molar refractivity (Wildman–Crippen MR) is 63.4 cm³/mol. The maximum Gasteiger partial charge on any atom is 0.165 e. The van der Waals surface area contributed by atoms with E-state index in [0.29, 0.717) is 0 Å². The predicted octanol–water partition coefficient (Wildman–Crippen LogP) is 3.52. The molecule has 1 aromatic carbocycles. The second-order valence-electron chi connectivity index (χ2n) is 3.35. The van der Waals surface area contributed by atoms with Crippen molar-refractivity contribution in [3.63, 3.8) is 0 Å². The molecule has 0 unspecified atom stereocenters. The summed E-state index contributed by atoms with van der Waals surface area (Å²) < 4.78 is 18.2. The van der Waals surface area contributed by atoms with E-state index in [1.54, 1.807) is 23.5 Å². The van der Waals surface area contributed by atoms with Gasteiger partial charge in [0, 0.05) is 10.9 Å².